The van der Waals surface area contributed by atoms with Crippen molar-refractivity contribution in [3.8, 4) is 22.6 Å². The first-order valence-electron chi connectivity index (χ1n) is 13.7. The molecule has 0 aliphatic carbocycles. The number of nitrogens with zero attached hydrogens (tertiary/aromatic N) is 1. The average molecular weight is 591 g/mol. The first kappa shape index (κ1) is 29.3. The highest BCUT2D eigenvalue weighted by Crippen LogP contribution is 2.33. The first-order chi connectivity index (χ1) is 20.0. The van der Waals surface area contributed by atoms with Crippen LogP contribution in [0.2, 0.25) is 0 Å². The van der Waals surface area contributed by atoms with Crippen LogP contribution in [0, 0.1) is 13.8 Å². The summed E-state index contributed by atoms with van der Waals surface area (Å²) in [6.45, 7) is 4.46. The van der Waals surface area contributed by atoms with Gasteiger partial charge in [0.1, 0.15) is 24.2 Å². The molecule has 1 fully saturated rings. The lowest BCUT2D eigenvalue weighted by Gasteiger charge is -2.24. The van der Waals surface area contributed by atoms with E-state index in [1.807, 2.05) is 24.3 Å². The largest absolute Gasteiger partial charge is 0.636 e. The van der Waals surface area contributed by atoms with Crippen molar-refractivity contribution < 1.29 is 37.4 Å². The molecule has 2 aliphatic rings. The van der Waals surface area contributed by atoms with E-state index in [2.05, 4.69) is 26.0 Å². The maximum atomic E-state index is 11.7. The molecule has 0 atom stereocenters. The number of hydrogen-bond acceptors (Lipinski definition) is 9. The smallest absolute Gasteiger partial charge is 0.494 e. The molecule has 42 heavy (non-hydrogen) atoms. The van der Waals surface area contributed by atoms with Crippen LogP contribution in [0.3, 0.4) is 0 Å². The van der Waals surface area contributed by atoms with Gasteiger partial charge in [-0.15, -0.1) is 0 Å². The summed E-state index contributed by atoms with van der Waals surface area (Å²) in [7, 11) is -2.34. The lowest BCUT2D eigenvalue weighted by atomic mass is 9.79. The van der Waals surface area contributed by atoms with Crippen molar-refractivity contribution in [3.63, 3.8) is 0 Å². The van der Waals surface area contributed by atoms with E-state index < -0.39 is 17.0 Å². The summed E-state index contributed by atoms with van der Waals surface area (Å²) < 4.78 is 46.5. The van der Waals surface area contributed by atoms with Crippen molar-refractivity contribution in [1.29, 1.82) is 0 Å². The molecule has 9 nitrogen and oxygen atoms in total. The Balaban J connectivity index is 1.23. The topological polar surface area (TPSA) is 115 Å². The second-order valence-electron chi connectivity index (χ2n) is 10.6. The Morgan fingerprint density at radius 1 is 0.905 bits per heavy atom. The Labute approximate surface area is 246 Å². The Kier molecular flexibility index (Phi) is 8.58. The molecule has 0 bridgehead atoms. The third-order valence-electron chi connectivity index (χ3n) is 7.17. The predicted octanol–water partition coefficient (Wildman–Crippen LogP) is 4.89. The zero-order valence-corrected chi connectivity index (χ0v) is 24.6. The van der Waals surface area contributed by atoms with E-state index in [4.69, 9.17) is 18.8 Å². The van der Waals surface area contributed by atoms with Gasteiger partial charge in [0, 0.05) is 12.5 Å². The molecule has 0 aromatic heterocycles. The Morgan fingerprint density at radius 2 is 1.52 bits per heavy atom. The normalized spacial score (nSPS) is 18.5. The lowest BCUT2D eigenvalue weighted by molar-refractivity contribution is 0.124. The van der Waals surface area contributed by atoms with E-state index in [0.29, 0.717) is 30.7 Å². The van der Waals surface area contributed by atoms with E-state index in [0.717, 1.165) is 33.6 Å². The van der Waals surface area contributed by atoms with Crippen LogP contribution in [-0.2, 0) is 25.8 Å². The zero-order chi connectivity index (χ0) is 29.9. The Hall–Kier alpha value is -4.25. The number of rotatable bonds is 7. The first-order valence-corrected chi connectivity index (χ1v) is 15.5. The summed E-state index contributed by atoms with van der Waals surface area (Å²) in [6, 6.07) is 19.2. The van der Waals surface area contributed by atoms with E-state index in [-0.39, 0.29) is 29.5 Å². The fraction of sp³-hybridized carbons (Fsp3) is 0.290. The highest BCUT2D eigenvalue weighted by Gasteiger charge is 2.30. The molecule has 11 heteroatoms. The van der Waals surface area contributed by atoms with Crippen LogP contribution >= 0.6 is 0 Å². The third kappa shape index (κ3) is 7.33. The summed E-state index contributed by atoms with van der Waals surface area (Å²) in [4.78, 5) is 1.41. The standard InChI is InChI=1S/C31H34BNO8S/c1-21-15-28(39-27-11-13-42(36,37)14-12-27)16-22(2)31(21)24-6-4-5-23(17-24)20-38-26-9-7-25(8-10-26)32-40-29(34)18-33(3)19-30(35)41-32/h4-10,15-19,27,34-35H,11-14,20H2,1-3H3/b29-18-,30-19?. The Bertz CT molecular complexity index is 1540. The number of aliphatic hydroxyl groups is 2. The Morgan fingerprint density at radius 3 is 2.14 bits per heavy atom. The van der Waals surface area contributed by atoms with Gasteiger partial charge in [0.2, 0.25) is 0 Å². The van der Waals surface area contributed by atoms with Gasteiger partial charge >= 0.3 is 7.12 Å². The molecule has 0 radical (unpaired) electrons. The molecule has 2 heterocycles. The lowest BCUT2D eigenvalue weighted by Crippen LogP contribution is -2.37. The van der Waals surface area contributed by atoms with Crippen LogP contribution in [0.4, 0.5) is 0 Å². The van der Waals surface area contributed by atoms with Crippen molar-refractivity contribution in [2.75, 3.05) is 18.6 Å². The molecular formula is C31H34BNO8S. The predicted molar refractivity (Wildman–Crippen MR) is 161 cm³/mol. The molecule has 2 N–H and O–H groups in total. The number of hydrogen-bond donors (Lipinski definition) is 2. The van der Waals surface area contributed by atoms with E-state index >= 15 is 0 Å². The minimum atomic E-state index is -2.93. The summed E-state index contributed by atoms with van der Waals surface area (Å²) >= 11 is 0. The summed E-state index contributed by atoms with van der Waals surface area (Å²) in [6.07, 6.45) is 3.59. The second kappa shape index (κ2) is 12.3. The minimum Gasteiger partial charge on any atom is -0.494 e. The van der Waals surface area contributed by atoms with E-state index in [1.165, 1.54) is 17.3 Å². The van der Waals surface area contributed by atoms with Crippen LogP contribution in [0.25, 0.3) is 11.1 Å². The minimum absolute atomic E-state index is 0.0838. The van der Waals surface area contributed by atoms with Crippen molar-refractivity contribution in [1.82, 2.24) is 4.90 Å². The summed E-state index contributed by atoms with van der Waals surface area (Å²) in [5.74, 6) is 1.07. The third-order valence-corrected chi connectivity index (χ3v) is 8.88. The number of aryl methyl sites for hydroxylation is 2. The van der Waals surface area contributed by atoms with Gasteiger partial charge in [-0.25, -0.2) is 8.42 Å². The SMILES string of the molecule is Cc1cc(OC2CCS(=O)(=O)CC2)cc(C)c1-c1cccc(COc2ccc(B3OC(O)=CN(C)/C=C(/O)O3)cc2)c1. The average Bonchev–Trinajstić information content (AvgIpc) is 2.92. The maximum Gasteiger partial charge on any atom is 0.636 e. The number of ether oxygens (including phenoxy) is 2. The molecule has 3 aromatic carbocycles. The quantitative estimate of drug-likeness (QED) is 0.371. The second-order valence-corrected chi connectivity index (χ2v) is 12.9. The zero-order valence-electron chi connectivity index (χ0n) is 23.8. The number of benzene rings is 3. The molecule has 0 amide bonds. The van der Waals surface area contributed by atoms with Crippen LogP contribution in [-0.4, -0.2) is 55.3 Å². The van der Waals surface area contributed by atoms with Crippen LogP contribution in [0.5, 0.6) is 11.5 Å². The highest BCUT2D eigenvalue weighted by atomic mass is 32.2. The highest BCUT2D eigenvalue weighted by molar-refractivity contribution is 7.91. The molecule has 3 aromatic rings. The van der Waals surface area contributed by atoms with Gasteiger partial charge in [-0.05, 0) is 84.8 Å². The molecule has 1 saturated heterocycles. The summed E-state index contributed by atoms with van der Waals surface area (Å²) in [5, 5.41) is 19.9. The molecule has 0 saturated carbocycles. The fourth-order valence-electron chi connectivity index (χ4n) is 5.16. The van der Waals surface area contributed by atoms with Gasteiger partial charge in [-0.1, -0.05) is 30.3 Å². The van der Waals surface area contributed by atoms with Gasteiger partial charge in [-0.2, -0.15) is 0 Å². The van der Waals surface area contributed by atoms with Crippen LogP contribution in [0.15, 0.2) is 85.0 Å². The van der Waals surface area contributed by atoms with Crippen LogP contribution in [0.1, 0.15) is 29.5 Å². The van der Waals surface area contributed by atoms with Crippen molar-refractivity contribution in [2.45, 2.75) is 39.4 Å². The van der Waals surface area contributed by atoms with E-state index in [1.54, 1.807) is 31.3 Å². The van der Waals surface area contributed by atoms with Crippen molar-refractivity contribution in [3.05, 3.63) is 102 Å². The van der Waals surface area contributed by atoms with Crippen molar-refractivity contribution in [2.24, 2.45) is 0 Å². The van der Waals surface area contributed by atoms with Gasteiger partial charge in [0.05, 0.1) is 23.9 Å². The van der Waals surface area contributed by atoms with Gasteiger partial charge in [-0.3, -0.25) is 0 Å². The van der Waals surface area contributed by atoms with E-state index in [9.17, 15) is 18.6 Å². The van der Waals surface area contributed by atoms with Crippen LogP contribution < -0.4 is 14.9 Å². The number of aliphatic hydroxyl groups excluding tert-OH is 2. The number of sulfone groups is 1. The van der Waals surface area contributed by atoms with Gasteiger partial charge in [0.15, 0.2) is 9.84 Å². The maximum absolute atomic E-state index is 11.7. The molecule has 0 spiro atoms. The summed E-state index contributed by atoms with van der Waals surface area (Å²) in [5.41, 5.74) is 5.94. The fourth-order valence-corrected chi connectivity index (χ4v) is 6.60. The molecular weight excluding hydrogens is 557 g/mol. The molecule has 5 rings (SSSR count). The molecule has 220 valence electrons. The van der Waals surface area contributed by atoms with Gasteiger partial charge < -0.3 is 33.9 Å². The molecule has 0 unspecified atom stereocenters. The molecule has 2 aliphatic heterocycles. The van der Waals surface area contributed by atoms with Crippen molar-refractivity contribution >= 4 is 22.4 Å². The van der Waals surface area contributed by atoms with Gasteiger partial charge in [0.25, 0.3) is 11.9 Å². The monoisotopic (exact) mass is 591 g/mol.